The fourth-order valence-electron chi connectivity index (χ4n) is 1.04. The van der Waals surface area contributed by atoms with E-state index in [4.69, 9.17) is 5.73 Å². The van der Waals surface area contributed by atoms with Crippen molar-refractivity contribution in [1.29, 1.82) is 0 Å². The maximum absolute atomic E-state index is 13.1. The van der Waals surface area contributed by atoms with Crippen molar-refractivity contribution in [2.75, 3.05) is 12.3 Å². The number of nitrogens with two attached hydrogens (primary N) is 1. The standard InChI is InChI=1S/C10H9F4NO2/c11-8-2-1-6(15)5-7(8)9(16)17-4-3-10(12,13)14/h1-2,5H,3-4,15H2. The second-order valence-corrected chi connectivity index (χ2v) is 3.24. The summed E-state index contributed by atoms with van der Waals surface area (Å²) in [5.74, 6) is -2.06. The molecule has 2 N–H and O–H groups in total. The molecule has 0 aromatic heterocycles. The van der Waals surface area contributed by atoms with E-state index in [1.165, 1.54) is 6.07 Å². The van der Waals surface area contributed by atoms with E-state index in [0.29, 0.717) is 0 Å². The van der Waals surface area contributed by atoms with Gasteiger partial charge < -0.3 is 10.5 Å². The molecule has 1 aromatic rings. The Morgan fingerprint density at radius 2 is 2.00 bits per heavy atom. The van der Waals surface area contributed by atoms with Crippen molar-refractivity contribution in [3.63, 3.8) is 0 Å². The van der Waals surface area contributed by atoms with Gasteiger partial charge in [-0.1, -0.05) is 0 Å². The number of alkyl halides is 3. The first-order chi connectivity index (χ1) is 7.79. The average Bonchev–Trinajstić information content (AvgIpc) is 2.19. The van der Waals surface area contributed by atoms with E-state index < -0.39 is 36.6 Å². The van der Waals surface area contributed by atoms with E-state index in [2.05, 4.69) is 4.74 Å². The van der Waals surface area contributed by atoms with Gasteiger partial charge in [-0.05, 0) is 18.2 Å². The van der Waals surface area contributed by atoms with Crippen LogP contribution in [0.25, 0.3) is 0 Å². The molecular formula is C10H9F4NO2. The van der Waals surface area contributed by atoms with E-state index >= 15 is 0 Å². The largest absolute Gasteiger partial charge is 0.462 e. The fraction of sp³-hybridized carbons (Fsp3) is 0.300. The Bertz CT molecular complexity index is 417. The Kier molecular flexibility index (Phi) is 3.93. The second-order valence-electron chi connectivity index (χ2n) is 3.24. The molecule has 0 heterocycles. The van der Waals surface area contributed by atoms with Gasteiger partial charge in [0.25, 0.3) is 0 Å². The van der Waals surface area contributed by atoms with Crippen LogP contribution in [0, 0.1) is 5.82 Å². The number of carbonyl (C=O) groups excluding carboxylic acids is 1. The Balaban J connectivity index is 2.61. The highest BCUT2D eigenvalue weighted by Gasteiger charge is 2.27. The molecule has 0 unspecified atom stereocenters. The monoisotopic (exact) mass is 251 g/mol. The summed E-state index contributed by atoms with van der Waals surface area (Å²) >= 11 is 0. The molecule has 1 aromatic carbocycles. The fourth-order valence-corrected chi connectivity index (χ4v) is 1.04. The lowest BCUT2D eigenvalue weighted by molar-refractivity contribution is -0.141. The third-order valence-electron chi connectivity index (χ3n) is 1.83. The minimum absolute atomic E-state index is 0.120. The Morgan fingerprint density at radius 3 is 2.59 bits per heavy atom. The zero-order valence-electron chi connectivity index (χ0n) is 8.55. The lowest BCUT2D eigenvalue weighted by Crippen LogP contribution is -2.15. The van der Waals surface area contributed by atoms with Crippen molar-refractivity contribution in [3.8, 4) is 0 Å². The number of rotatable bonds is 3. The second kappa shape index (κ2) is 5.03. The van der Waals surface area contributed by atoms with Crippen molar-refractivity contribution < 1.29 is 27.1 Å². The summed E-state index contributed by atoms with van der Waals surface area (Å²) in [5, 5.41) is 0. The minimum Gasteiger partial charge on any atom is -0.462 e. The van der Waals surface area contributed by atoms with E-state index in [1.807, 2.05) is 0 Å². The molecule has 0 spiro atoms. The lowest BCUT2D eigenvalue weighted by Gasteiger charge is -2.08. The van der Waals surface area contributed by atoms with E-state index in [9.17, 15) is 22.4 Å². The van der Waals surface area contributed by atoms with Crippen LogP contribution in [-0.4, -0.2) is 18.8 Å². The number of esters is 1. The van der Waals surface area contributed by atoms with Crippen LogP contribution in [0.1, 0.15) is 16.8 Å². The van der Waals surface area contributed by atoms with E-state index in [0.717, 1.165) is 12.1 Å². The summed E-state index contributed by atoms with van der Waals surface area (Å²) in [6.45, 7) is -0.851. The highest BCUT2D eigenvalue weighted by atomic mass is 19.4. The number of hydrogen-bond donors (Lipinski definition) is 1. The quantitative estimate of drug-likeness (QED) is 0.510. The molecule has 0 saturated carbocycles. The summed E-state index contributed by atoms with van der Waals surface area (Å²) < 4.78 is 52.7. The average molecular weight is 251 g/mol. The van der Waals surface area contributed by atoms with Gasteiger partial charge in [0.15, 0.2) is 0 Å². The smallest absolute Gasteiger partial charge is 0.392 e. The predicted octanol–water partition coefficient (Wildman–Crippen LogP) is 2.52. The van der Waals surface area contributed by atoms with Crippen LogP contribution in [0.5, 0.6) is 0 Å². The van der Waals surface area contributed by atoms with Crippen molar-refractivity contribution in [2.24, 2.45) is 0 Å². The van der Waals surface area contributed by atoms with Gasteiger partial charge in [-0.25, -0.2) is 9.18 Å². The highest BCUT2D eigenvalue weighted by molar-refractivity contribution is 5.90. The first kappa shape index (κ1) is 13.3. The molecule has 0 saturated heterocycles. The Hall–Kier alpha value is -1.79. The van der Waals surface area contributed by atoms with E-state index in [1.54, 1.807) is 0 Å². The number of benzene rings is 1. The summed E-state index contributed by atoms with van der Waals surface area (Å²) in [6, 6.07) is 3.17. The van der Waals surface area contributed by atoms with Crippen LogP contribution in [0.3, 0.4) is 0 Å². The van der Waals surface area contributed by atoms with Gasteiger partial charge in [0.05, 0.1) is 12.0 Å². The Labute approximate surface area is 94.2 Å². The van der Waals surface area contributed by atoms with Crippen molar-refractivity contribution in [2.45, 2.75) is 12.6 Å². The van der Waals surface area contributed by atoms with Crippen molar-refractivity contribution in [1.82, 2.24) is 0 Å². The van der Waals surface area contributed by atoms with Gasteiger partial charge in [0.2, 0.25) is 0 Å². The van der Waals surface area contributed by atoms with Gasteiger partial charge >= 0.3 is 12.1 Å². The molecule has 0 bridgehead atoms. The van der Waals surface area contributed by atoms with E-state index in [-0.39, 0.29) is 5.69 Å². The first-order valence-electron chi connectivity index (χ1n) is 4.58. The zero-order chi connectivity index (χ0) is 13.1. The van der Waals surface area contributed by atoms with Crippen molar-refractivity contribution >= 4 is 11.7 Å². The normalized spacial score (nSPS) is 11.3. The summed E-state index contributed by atoms with van der Waals surface area (Å²) in [7, 11) is 0. The third-order valence-corrected chi connectivity index (χ3v) is 1.83. The topological polar surface area (TPSA) is 52.3 Å². The predicted molar refractivity (Wildman–Crippen MR) is 51.8 cm³/mol. The highest BCUT2D eigenvalue weighted by Crippen LogP contribution is 2.20. The summed E-state index contributed by atoms with van der Waals surface area (Å²) in [6.07, 6.45) is -5.70. The van der Waals surface area contributed by atoms with Crippen LogP contribution in [0.4, 0.5) is 23.2 Å². The third kappa shape index (κ3) is 4.29. The number of hydrogen-bond acceptors (Lipinski definition) is 3. The molecule has 0 radical (unpaired) electrons. The first-order valence-corrected chi connectivity index (χ1v) is 4.58. The van der Waals surface area contributed by atoms with Gasteiger partial charge in [-0.15, -0.1) is 0 Å². The molecule has 0 aliphatic carbocycles. The number of halogens is 4. The van der Waals surface area contributed by atoms with Crippen LogP contribution < -0.4 is 5.73 Å². The van der Waals surface area contributed by atoms with Gasteiger partial charge in [-0.2, -0.15) is 13.2 Å². The molecule has 17 heavy (non-hydrogen) atoms. The molecule has 7 heteroatoms. The van der Waals surface area contributed by atoms with Gasteiger partial charge in [0.1, 0.15) is 12.4 Å². The Morgan fingerprint density at radius 1 is 1.35 bits per heavy atom. The van der Waals surface area contributed by atoms with Gasteiger partial charge in [-0.3, -0.25) is 0 Å². The lowest BCUT2D eigenvalue weighted by atomic mass is 10.2. The molecule has 3 nitrogen and oxygen atoms in total. The molecule has 0 atom stereocenters. The molecule has 94 valence electrons. The minimum atomic E-state index is -4.42. The van der Waals surface area contributed by atoms with Gasteiger partial charge in [0, 0.05) is 5.69 Å². The zero-order valence-corrected chi connectivity index (χ0v) is 8.55. The summed E-state index contributed by atoms with van der Waals surface area (Å²) in [5.41, 5.74) is 4.95. The summed E-state index contributed by atoms with van der Waals surface area (Å²) in [4.78, 5) is 11.2. The molecule has 1 rings (SSSR count). The molecule has 0 amide bonds. The molecule has 0 aliphatic heterocycles. The van der Waals surface area contributed by atoms with Crippen LogP contribution >= 0.6 is 0 Å². The molecule has 0 aliphatic rings. The molecular weight excluding hydrogens is 242 g/mol. The maximum Gasteiger partial charge on any atom is 0.392 e. The number of ether oxygens (including phenoxy) is 1. The van der Waals surface area contributed by atoms with Crippen LogP contribution in [-0.2, 0) is 4.74 Å². The maximum atomic E-state index is 13.1. The molecule has 0 fully saturated rings. The van der Waals surface area contributed by atoms with Crippen LogP contribution in [0.15, 0.2) is 18.2 Å². The van der Waals surface area contributed by atoms with Crippen molar-refractivity contribution in [3.05, 3.63) is 29.6 Å². The SMILES string of the molecule is Nc1ccc(F)c(C(=O)OCCC(F)(F)F)c1. The van der Waals surface area contributed by atoms with Crippen LogP contribution in [0.2, 0.25) is 0 Å². The number of anilines is 1. The number of nitrogen functional groups attached to an aromatic ring is 1. The number of carbonyl (C=O) groups is 1.